The summed E-state index contributed by atoms with van der Waals surface area (Å²) in [5.41, 5.74) is 0. The van der Waals surface area contributed by atoms with Gasteiger partial charge in [0, 0.05) is 6.42 Å². The molecule has 0 bridgehead atoms. The Morgan fingerprint density at radius 1 is 0.553 bits per heavy atom. The molecule has 0 aliphatic carbocycles. The third kappa shape index (κ3) is 26.5. The maximum atomic E-state index is 12.5. The zero-order valence-corrected chi connectivity index (χ0v) is 26.3. The zero-order valence-electron chi connectivity index (χ0n) is 26.3. The first-order valence-corrected chi connectivity index (χ1v) is 17.0. The normalized spacial score (nSPS) is 12.1. The Balaban J connectivity index is 3.60. The van der Waals surface area contributed by atoms with Gasteiger partial charge in [-0.15, -0.1) is 0 Å². The monoisotopic (exact) mass is 538 g/mol. The minimum Gasteiger partial charge on any atom is -0.464 e. The van der Waals surface area contributed by atoms with Crippen molar-refractivity contribution in [2.45, 2.75) is 194 Å². The van der Waals surface area contributed by atoms with Gasteiger partial charge in [0.2, 0.25) is 5.91 Å². The molecule has 0 aliphatic rings. The number of carbonyl (C=O) groups excluding carboxylic acids is 2. The number of rotatable bonds is 29. The van der Waals surface area contributed by atoms with Crippen LogP contribution in [0.1, 0.15) is 188 Å². The Hall–Kier alpha value is -1.06. The van der Waals surface area contributed by atoms with Crippen molar-refractivity contribution < 1.29 is 14.3 Å². The van der Waals surface area contributed by atoms with Crippen LogP contribution in [-0.2, 0) is 14.3 Å². The van der Waals surface area contributed by atoms with E-state index in [1.165, 1.54) is 122 Å². The van der Waals surface area contributed by atoms with E-state index in [0.717, 1.165) is 25.7 Å². The summed E-state index contributed by atoms with van der Waals surface area (Å²) >= 11 is 0. The van der Waals surface area contributed by atoms with Crippen LogP contribution in [0, 0.1) is 5.92 Å². The molecule has 1 N–H and O–H groups in total. The standard InChI is InChI=1S/C34H67NO3/c1-5-7-9-11-12-13-14-15-16-17-18-19-20-21-22-23-24-25-26-28-33(36)35-32(30-31(3)4)34(37)38-29-27-10-8-6-2/h31-32H,5-30H2,1-4H3,(H,35,36)/t32-/m0/s1. The number of esters is 1. The first-order chi connectivity index (χ1) is 18.5. The molecule has 0 aliphatic heterocycles. The molecule has 1 atom stereocenters. The van der Waals surface area contributed by atoms with Gasteiger partial charge in [0.15, 0.2) is 0 Å². The maximum Gasteiger partial charge on any atom is 0.328 e. The SMILES string of the molecule is CCCCCCCCCCCCCCCCCCCCCC(=O)N[C@@H](CC(C)C)C(=O)OCCCCCC. The van der Waals surface area contributed by atoms with Gasteiger partial charge in [0.05, 0.1) is 6.61 Å². The van der Waals surface area contributed by atoms with E-state index in [-0.39, 0.29) is 11.9 Å². The van der Waals surface area contributed by atoms with Gasteiger partial charge < -0.3 is 10.1 Å². The van der Waals surface area contributed by atoms with Crippen molar-refractivity contribution in [1.29, 1.82) is 0 Å². The molecular formula is C34H67NO3. The molecule has 0 heterocycles. The van der Waals surface area contributed by atoms with Crippen molar-refractivity contribution in [2.24, 2.45) is 5.92 Å². The van der Waals surface area contributed by atoms with Crippen LogP contribution >= 0.6 is 0 Å². The van der Waals surface area contributed by atoms with Gasteiger partial charge in [-0.1, -0.05) is 163 Å². The van der Waals surface area contributed by atoms with Crippen molar-refractivity contribution in [3.8, 4) is 0 Å². The van der Waals surface area contributed by atoms with Crippen LogP contribution in [0.2, 0.25) is 0 Å². The molecule has 0 fully saturated rings. The lowest BCUT2D eigenvalue weighted by Crippen LogP contribution is -2.42. The largest absolute Gasteiger partial charge is 0.464 e. The molecular weight excluding hydrogens is 470 g/mol. The lowest BCUT2D eigenvalue weighted by molar-refractivity contribution is -0.148. The third-order valence-corrected chi connectivity index (χ3v) is 7.58. The highest BCUT2D eigenvalue weighted by atomic mass is 16.5. The van der Waals surface area contributed by atoms with Crippen LogP contribution < -0.4 is 5.32 Å². The van der Waals surface area contributed by atoms with Gasteiger partial charge in [-0.2, -0.15) is 0 Å². The lowest BCUT2D eigenvalue weighted by atomic mass is 10.0. The molecule has 0 aromatic carbocycles. The van der Waals surface area contributed by atoms with E-state index in [9.17, 15) is 9.59 Å². The first-order valence-electron chi connectivity index (χ1n) is 17.0. The number of amides is 1. The summed E-state index contributed by atoms with van der Waals surface area (Å²) in [6.07, 6.45) is 31.1. The molecule has 0 unspecified atom stereocenters. The summed E-state index contributed by atoms with van der Waals surface area (Å²) in [6.45, 7) is 9.07. The second-order valence-electron chi connectivity index (χ2n) is 12.1. The van der Waals surface area contributed by atoms with Crippen molar-refractivity contribution in [1.82, 2.24) is 5.32 Å². The zero-order chi connectivity index (χ0) is 28.1. The van der Waals surface area contributed by atoms with Crippen LogP contribution in [-0.4, -0.2) is 24.5 Å². The van der Waals surface area contributed by atoms with Crippen molar-refractivity contribution in [3.05, 3.63) is 0 Å². The Bertz CT molecular complexity index is 520. The fourth-order valence-corrected chi connectivity index (χ4v) is 5.12. The maximum absolute atomic E-state index is 12.5. The Kier molecular flexibility index (Phi) is 28.1. The summed E-state index contributed by atoms with van der Waals surface area (Å²) in [5.74, 6) is 0.0603. The molecule has 226 valence electrons. The van der Waals surface area contributed by atoms with Crippen molar-refractivity contribution >= 4 is 11.9 Å². The van der Waals surface area contributed by atoms with E-state index < -0.39 is 6.04 Å². The molecule has 0 aromatic rings. The Morgan fingerprint density at radius 2 is 0.921 bits per heavy atom. The number of hydrogen-bond acceptors (Lipinski definition) is 3. The van der Waals surface area contributed by atoms with Crippen molar-refractivity contribution in [3.63, 3.8) is 0 Å². The summed E-state index contributed by atoms with van der Waals surface area (Å²) < 4.78 is 5.44. The van der Waals surface area contributed by atoms with Crippen LogP contribution in [0.3, 0.4) is 0 Å². The average molecular weight is 538 g/mol. The van der Waals surface area contributed by atoms with Gasteiger partial charge in [0.1, 0.15) is 6.04 Å². The molecule has 4 heteroatoms. The van der Waals surface area contributed by atoms with E-state index in [4.69, 9.17) is 4.74 Å². The average Bonchev–Trinajstić information content (AvgIpc) is 2.89. The summed E-state index contributed by atoms with van der Waals surface area (Å²) in [6, 6.07) is -0.506. The fourth-order valence-electron chi connectivity index (χ4n) is 5.12. The molecule has 4 nitrogen and oxygen atoms in total. The number of ether oxygens (including phenoxy) is 1. The van der Waals surface area contributed by atoms with Gasteiger partial charge in [-0.05, 0) is 25.2 Å². The smallest absolute Gasteiger partial charge is 0.328 e. The number of carbonyl (C=O) groups is 2. The van der Waals surface area contributed by atoms with E-state index >= 15 is 0 Å². The predicted octanol–water partition coefficient (Wildman–Crippen LogP) is 10.5. The van der Waals surface area contributed by atoms with Crippen molar-refractivity contribution in [2.75, 3.05) is 6.61 Å². The molecule has 38 heavy (non-hydrogen) atoms. The van der Waals surface area contributed by atoms with Gasteiger partial charge in [-0.25, -0.2) is 4.79 Å². The van der Waals surface area contributed by atoms with Gasteiger partial charge in [0.25, 0.3) is 0 Å². The highest BCUT2D eigenvalue weighted by Crippen LogP contribution is 2.15. The Labute approximate surface area is 238 Å². The lowest BCUT2D eigenvalue weighted by Gasteiger charge is -2.19. The highest BCUT2D eigenvalue weighted by Gasteiger charge is 2.23. The second-order valence-corrected chi connectivity index (χ2v) is 12.1. The third-order valence-electron chi connectivity index (χ3n) is 7.58. The van der Waals surface area contributed by atoms with Crippen LogP contribution in [0.15, 0.2) is 0 Å². The molecule has 0 saturated heterocycles. The van der Waals surface area contributed by atoms with Gasteiger partial charge in [-0.3, -0.25) is 4.79 Å². The molecule has 0 rings (SSSR count). The molecule has 1 amide bonds. The minimum atomic E-state index is -0.506. The van der Waals surface area contributed by atoms with Crippen LogP contribution in [0.5, 0.6) is 0 Å². The summed E-state index contributed by atoms with van der Waals surface area (Å²) in [7, 11) is 0. The molecule has 0 aromatic heterocycles. The Morgan fingerprint density at radius 3 is 1.32 bits per heavy atom. The molecule has 0 radical (unpaired) electrons. The van der Waals surface area contributed by atoms with E-state index in [2.05, 4.69) is 33.0 Å². The molecule has 0 saturated carbocycles. The number of unbranched alkanes of at least 4 members (excludes halogenated alkanes) is 21. The number of hydrogen-bond donors (Lipinski definition) is 1. The second kappa shape index (κ2) is 28.9. The summed E-state index contributed by atoms with van der Waals surface area (Å²) in [4.78, 5) is 24.9. The van der Waals surface area contributed by atoms with E-state index in [1.54, 1.807) is 0 Å². The first kappa shape index (κ1) is 36.9. The number of nitrogens with one attached hydrogen (secondary N) is 1. The quantitative estimate of drug-likeness (QED) is 0.0762. The topological polar surface area (TPSA) is 55.4 Å². The van der Waals surface area contributed by atoms with Crippen LogP contribution in [0.25, 0.3) is 0 Å². The highest BCUT2D eigenvalue weighted by molar-refractivity contribution is 5.84. The molecule has 0 spiro atoms. The predicted molar refractivity (Wildman–Crippen MR) is 165 cm³/mol. The fraction of sp³-hybridized carbons (Fsp3) is 0.941. The summed E-state index contributed by atoms with van der Waals surface area (Å²) in [5, 5.41) is 2.95. The van der Waals surface area contributed by atoms with Crippen LogP contribution in [0.4, 0.5) is 0 Å². The minimum absolute atomic E-state index is 0.00874. The van der Waals surface area contributed by atoms with E-state index in [0.29, 0.717) is 25.4 Å². The van der Waals surface area contributed by atoms with E-state index in [1.807, 2.05) is 0 Å². The van der Waals surface area contributed by atoms with Gasteiger partial charge >= 0.3 is 5.97 Å².